The third-order valence-electron chi connectivity index (χ3n) is 5.69. The lowest BCUT2D eigenvalue weighted by molar-refractivity contribution is 0.247. The zero-order valence-corrected chi connectivity index (χ0v) is 17.0. The van der Waals surface area contributed by atoms with Crippen LogP contribution in [0.25, 0.3) is 22.4 Å². The average molecular weight is 400 g/mol. The van der Waals surface area contributed by atoms with Gasteiger partial charge in [0.1, 0.15) is 5.69 Å². The van der Waals surface area contributed by atoms with E-state index in [0.29, 0.717) is 0 Å². The Balaban J connectivity index is 1.26. The Morgan fingerprint density at radius 1 is 0.867 bits per heavy atom. The summed E-state index contributed by atoms with van der Waals surface area (Å²) in [6, 6.07) is 19.1. The van der Waals surface area contributed by atoms with Crippen LogP contribution in [0.15, 0.2) is 65.4 Å². The number of H-pyrrole nitrogens is 1. The van der Waals surface area contributed by atoms with Gasteiger partial charge in [-0.3, -0.25) is 10.00 Å². The number of hydrogen-bond donors (Lipinski definition) is 1. The fraction of sp³-hybridized carbons (Fsp3) is 0.261. The van der Waals surface area contributed by atoms with Crippen molar-refractivity contribution in [3.05, 3.63) is 72.1 Å². The van der Waals surface area contributed by atoms with Crippen LogP contribution in [0.4, 0.5) is 5.82 Å². The third kappa shape index (κ3) is 3.71. The molecule has 1 fully saturated rings. The minimum atomic E-state index is 0.847. The molecule has 0 saturated carbocycles. The molecule has 0 aliphatic carbocycles. The Bertz CT molecular complexity index is 1090. The van der Waals surface area contributed by atoms with E-state index >= 15 is 0 Å². The smallest absolute Gasteiger partial charge is 0.196 e. The number of rotatable bonds is 5. The van der Waals surface area contributed by atoms with Gasteiger partial charge in [-0.05, 0) is 28.8 Å². The predicted octanol–water partition coefficient (Wildman–Crippen LogP) is 3.76. The molecule has 0 unspecified atom stereocenters. The van der Waals surface area contributed by atoms with Crippen molar-refractivity contribution < 1.29 is 4.63 Å². The molecule has 30 heavy (non-hydrogen) atoms. The summed E-state index contributed by atoms with van der Waals surface area (Å²) in [4.78, 5) is 4.69. The molecule has 3 heterocycles. The number of benzene rings is 2. The molecule has 0 bridgehead atoms. The summed E-state index contributed by atoms with van der Waals surface area (Å²) in [5.41, 5.74) is 6.76. The van der Waals surface area contributed by atoms with E-state index in [1.165, 1.54) is 16.7 Å². The Morgan fingerprint density at radius 3 is 2.27 bits per heavy atom. The van der Waals surface area contributed by atoms with Crippen LogP contribution in [0.3, 0.4) is 0 Å². The molecular weight excluding hydrogens is 376 g/mol. The molecule has 4 aromatic rings. The lowest BCUT2D eigenvalue weighted by atomic mass is 10.0. The van der Waals surface area contributed by atoms with Gasteiger partial charge >= 0.3 is 0 Å². The van der Waals surface area contributed by atoms with Crippen LogP contribution in [0.1, 0.15) is 11.3 Å². The number of aromatic nitrogens is 4. The first-order valence-corrected chi connectivity index (χ1v) is 10.2. The average Bonchev–Trinajstić information content (AvgIpc) is 3.44. The summed E-state index contributed by atoms with van der Waals surface area (Å²) >= 11 is 0. The molecule has 1 N–H and O–H groups in total. The van der Waals surface area contributed by atoms with Crippen molar-refractivity contribution in [2.45, 2.75) is 13.5 Å². The van der Waals surface area contributed by atoms with Crippen LogP contribution in [-0.4, -0.2) is 51.6 Å². The molecule has 7 nitrogen and oxygen atoms in total. The predicted molar refractivity (Wildman–Crippen MR) is 116 cm³/mol. The van der Waals surface area contributed by atoms with E-state index < -0.39 is 0 Å². The van der Waals surface area contributed by atoms with Crippen molar-refractivity contribution in [3.8, 4) is 22.4 Å². The first kappa shape index (κ1) is 18.6. The summed E-state index contributed by atoms with van der Waals surface area (Å²) in [5.74, 6) is 0.858. The number of nitrogens with zero attached hydrogens (tertiary/aromatic N) is 5. The summed E-state index contributed by atoms with van der Waals surface area (Å²) in [6.45, 7) is 6.55. The van der Waals surface area contributed by atoms with Gasteiger partial charge in [0.15, 0.2) is 5.82 Å². The number of hydrogen-bond acceptors (Lipinski definition) is 6. The number of nitrogens with one attached hydrogen (secondary N) is 1. The lowest BCUT2D eigenvalue weighted by Gasteiger charge is -2.34. The molecular formula is C23H24N6O. The molecule has 1 saturated heterocycles. The van der Waals surface area contributed by atoms with E-state index in [-0.39, 0.29) is 0 Å². The fourth-order valence-corrected chi connectivity index (χ4v) is 4.01. The molecule has 2 aromatic heterocycles. The maximum absolute atomic E-state index is 4.84. The zero-order valence-electron chi connectivity index (χ0n) is 17.0. The van der Waals surface area contributed by atoms with E-state index in [9.17, 15) is 0 Å². The maximum Gasteiger partial charge on any atom is 0.196 e. The number of anilines is 1. The van der Waals surface area contributed by atoms with Gasteiger partial charge in [-0.2, -0.15) is 5.10 Å². The standard InChI is InChI=1S/C23H24N6O/c1-17-23(27-30-26-17)29-13-11-28(12-14-29)16-21-15-24-25-22(21)20-9-7-19(8-10-20)18-5-3-2-4-6-18/h2-10,15H,11-14,16H2,1H3,(H,24,25). The molecule has 2 aromatic carbocycles. The van der Waals surface area contributed by atoms with Crippen molar-refractivity contribution in [2.75, 3.05) is 31.1 Å². The largest absolute Gasteiger partial charge is 0.350 e. The minimum Gasteiger partial charge on any atom is -0.350 e. The van der Waals surface area contributed by atoms with Crippen molar-refractivity contribution >= 4 is 5.82 Å². The first-order chi connectivity index (χ1) is 14.8. The molecule has 0 spiro atoms. The zero-order chi connectivity index (χ0) is 20.3. The van der Waals surface area contributed by atoms with Gasteiger partial charge in [0, 0.05) is 38.3 Å². The van der Waals surface area contributed by atoms with Crippen LogP contribution < -0.4 is 4.90 Å². The Hall–Kier alpha value is -3.45. The van der Waals surface area contributed by atoms with Crippen LogP contribution in [0, 0.1) is 6.92 Å². The lowest BCUT2D eigenvalue weighted by Crippen LogP contribution is -2.46. The molecule has 152 valence electrons. The normalized spacial score (nSPS) is 14.9. The highest BCUT2D eigenvalue weighted by molar-refractivity contribution is 5.70. The van der Waals surface area contributed by atoms with Gasteiger partial charge < -0.3 is 4.90 Å². The summed E-state index contributed by atoms with van der Waals surface area (Å²) in [6.07, 6.45) is 1.94. The number of piperazine rings is 1. The topological polar surface area (TPSA) is 74.1 Å². The first-order valence-electron chi connectivity index (χ1n) is 10.2. The second-order valence-electron chi connectivity index (χ2n) is 7.65. The highest BCUT2D eigenvalue weighted by Gasteiger charge is 2.22. The highest BCUT2D eigenvalue weighted by Crippen LogP contribution is 2.27. The third-order valence-corrected chi connectivity index (χ3v) is 5.69. The summed E-state index contributed by atoms with van der Waals surface area (Å²) in [5, 5.41) is 15.4. The van der Waals surface area contributed by atoms with Crippen molar-refractivity contribution in [1.82, 2.24) is 25.4 Å². The molecule has 1 aliphatic heterocycles. The Kier molecular flexibility index (Phi) is 5.03. The van der Waals surface area contributed by atoms with Crippen molar-refractivity contribution in [1.29, 1.82) is 0 Å². The van der Waals surface area contributed by atoms with E-state index in [4.69, 9.17) is 4.63 Å². The Morgan fingerprint density at radius 2 is 1.57 bits per heavy atom. The van der Waals surface area contributed by atoms with E-state index in [2.05, 4.69) is 78.8 Å². The Labute approximate surface area is 175 Å². The van der Waals surface area contributed by atoms with Crippen molar-refractivity contribution in [3.63, 3.8) is 0 Å². The van der Waals surface area contributed by atoms with Crippen LogP contribution in [0.5, 0.6) is 0 Å². The maximum atomic E-state index is 4.84. The fourth-order valence-electron chi connectivity index (χ4n) is 4.01. The monoisotopic (exact) mass is 400 g/mol. The van der Waals surface area contributed by atoms with Crippen molar-refractivity contribution in [2.24, 2.45) is 0 Å². The molecule has 0 amide bonds. The van der Waals surface area contributed by atoms with Crippen LogP contribution >= 0.6 is 0 Å². The number of aromatic amines is 1. The molecule has 7 heteroatoms. The number of aryl methyl sites for hydroxylation is 1. The van der Waals surface area contributed by atoms with Crippen LogP contribution in [-0.2, 0) is 6.54 Å². The van der Waals surface area contributed by atoms with Gasteiger partial charge in [0.05, 0.1) is 11.9 Å². The summed E-state index contributed by atoms with van der Waals surface area (Å²) < 4.78 is 4.84. The second-order valence-corrected chi connectivity index (χ2v) is 7.65. The SMILES string of the molecule is Cc1nonc1N1CCN(Cc2cn[nH]c2-c2ccc(-c3ccccc3)cc2)CC1. The molecule has 5 rings (SSSR count). The highest BCUT2D eigenvalue weighted by atomic mass is 16.6. The van der Waals surface area contributed by atoms with Gasteiger partial charge in [-0.15, -0.1) is 0 Å². The quantitative estimate of drug-likeness (QED) is 0.550. The molecule has 1 aliphatic rings. The summed E-state index contributed by atoms with van der Waals surface area (Å²) in [7, 11) is 0. The van der Waals surface area contributed by atoms with Gasteiger partial charge in [-0.1, -0.05) is 59.8 Å². The van der Waals surface area contributed by atoms with Gasteiger partial charge in [0.2, 0.25) is 0 Å². The second kappa shape index (κ2) is 8.12. The van der Waals surface area contributed by atoms with Crippen LogP contribution in [0.2, 0.25) is 0 Å². The molecule has 0 radical (unpaired) electrons. The molecule has 0 atom stereocenters. The van der Waals surface area contributed by atoms with E-state index in [0.717, 1.165) is 55.5 Å². The van der Waals surface area contributed by atoms with E-state index in [1.807, 2.05) is 19.2 Å². The van der Waals surface area contributed by atoms with Gasteiger partial charge in [0.25, 0.3) is 0 Å². The minimum absolute atomic E-state index is 0.847. The van der Waals surface area contributed by atoms with E-state index in [1.54, 1.807) is 0 Å². The van der Waals surface area contributed by atoms with Gasteiger partial charge in [-0.25, -0.2) is 4.63 Å².